The fourth-order valence-electron chi connectivity index (χ4n) is 4.52. The molecule has 12 nitrogen and oxygen atoms in total. The molecular formula is C30H35N3O9S2. The molecule has 2 amide bonds. The van der Waals surface area contributed by atoms with Crippen LogP contribution in [-0.4, -0.2) is 84.8 Å². The third-order valence-electron chi connectivity index (χ3n) is 6.66. The van der Waals surface area contributed by atoms with E-state index in [-0.39, 0.29) is 48.1 Å². The van der Waals surface area contributed by atoms with Crippen molar-refractivity contribution < 1.29 is 40.1 Å². The van der Waals surface area contributed by atoms with Gasteiger partial charge < -0.3 is 18.6 Å². The minimum Gasteiger partial charge on any atom is -0.493 e. The molecule has 0 saturated carbocycles. The third kappa shape index (κ3) is 7.56. The molecule has 14 heteroatoms. The number of aryl methyl sites for hydroxylation is 1. The Hall–Kier alpha value is -3.98. The number of nitrogens with one attached hydrogen (secondary N) is 1. The molecule has 0 spiro atoms. The van der Waals surface area contributed by atoms with Gasteiger partial charge in [-0.1, -0.05) is 25.1 Å². The van der Waals surface area contributed by atoms with Crippen LogP contribution in [0.1, 0.15) is 39.6 Å². The maximum Gasteiger partial charge on any atom is 0.340 e. The molecule has 0 atom stereocenters. The number of hydrogen-bond donors (Lipinski definition) is 1. The Morgan fingerprint density at radius 3 is 2.18 bits per heavy atom. The van der Waals surface area contributed by atoms with Crippen molar-refractivity contribution in [3.63, 3.8) is 0 Å². The summed E-state index contributed by atoms with van der Waals surface area (Å²) >= 11 is 0. The van der Waals surface area contributed by atoms with E-state index in [9.17, 15) is 26.4 Å². The SMILES string of the molecule is CCN(CCN(C)C)S(=O)(=O)c1ccccc1S(=O)(=O)Oc1cc(C)cc(OCCCOc2cccc3c2C(=O)NC3=O)c1. The number of fused-ring (bicyclic) bond motifs is 1. The summed E-state index contributed by atoms with van der Waals surface area (Å²) in [6.07, 6.45) is 0.411. The quantitative estimate of drug-likeness (QED) is 0.149. The number of carbonyl (C=O) groups excluding carboxylic acids is 2. The molecule has 1 aliphatic rings. The van der Waals surface area contributed by atoms with Crippen LogP contribution in [0.3, 0.4) is 0 Å². The monoisotopic (exact) mass is 645 g/mol. The second-order valence-corrected chi connectivity index (χ2v) is 13.7. The van der Waals surface area contributed by atoms with E-state index in [2.05, 4.69) is 5.32 Å². The van der Waals surface area contributed by atoms with Gasteiger partial charge in [-0.15, -0.1) is 0 Å². The van der Waals surface area contributed by atoms with Crippen LogP contribution >= 0.6 is 0 Å². The number of rotatable bonds is 15. The van der Waals surface area contributed by atoms with Crippen LogP contribution in [0.4, 0.5) is 0 Å². The van der Waals surface area contributed by atoms with Crippen LogP contribution in [0.2, 0.25) is 0 Å². The summed E-state index contributed by atoms with van der Waals surface area (Å²) in [6.45, 7) is 4.62. The molecule has 0 bridgehead atoms. The Morgan fingerprint density at radius 1 is 0.795 bits per heavy atom. The van der Waals surface area contributed by atoms with Crippen LogP contribution in [-0.2, 0) is 20.1 Å². The van der Waals surface area contributed by atoms with E-state index < -0.39 is 36.9 Å². The number of hydrogen-bond acceptors (Lipinski definition) is 10. The summed E-state index contributed by atoms with van der Waals surface area (Å²) in [5.41, 5.74) is 1.12. The summed E-state index contributed by atoms with van der Waals surface area (Å²) in [7, 11) is -5.06. The summed E-state index contributed by atoms with van der Waals surface area (Å²) in [4.78, 5) is 24.9. The van der Waals surface area contributed by atoms with Gasteiger partial charge in [-0.05, 0) is 63.0 Å². The van der Waals surface area contributed by atoms with Crippen molar-refractivity contribution in [1.82, 2.24) is 14.5 Å². The summed E-state index contributed by atoms with van der Waals surface area (Å²) < 4.78 is 71.9. The third-order valence-corrected chi connectivity index (χ3v) is 10.1. The van der Waals surface area contributed by atoms with Gasteiger partial charge >= 0.3 is 10.1 Å². The van der Waals surface area contributed by atoms with E-state index in [0.717, 1.165) is 0 Å². The first kappa shape index (κ1) is 32.9. The van der Waals surface area contributed by atoms with Gasteiger partial charge in [-0.3, -0.25) is 14.9 Å². The Morgan fingerprint density at radius 2 is 1.48 bits per heavy atom. The molecule has 0 unspecified atom stereocenters. The maximum absolute atomic E-state index is 13.5. The predicted octanol–water partition coefficient (Wildman–Crippen LogP) is 3.07. The van der Waals surface area contributed by atoms with Gasteiger partial charge in [-0.2, -0.15) is 12.7 Å². The molecule has 236 valence electrons. The van der Waals surface area contributed by atoms with E-state index in [0.29, 0.717) is 30.0 Å². The highest BCUT2D eigenvalue weighted by molar-refractivity contribution is 7.91. The van der Waals surface area contributed by atoms with Crippen LogP contribution in [0.15, 0.2) is 70.5 Å². The van der Waals surface area contributed by atoms with Gasteiger partial charge in [0.05, 0.1) is 24.3 Å². The zero-order valence-electron chi connectivity index (χ0n) is 24.9. The van der Waals surface area contributed by atoms with Gasteiger partial charge in [0.2, 0.25) is 10.0 Å². The van der Waals surface area contributed by atoms with Gasteiger partial charge in [0.15, 0.2) is 0 Å². The normalized spacial score (nSPS) is 13.2. The van der Waals surface area contributed by atoms with Crippen molar-refractivity contribution in [2.45, 2.75) is 30.1 Å². The van der Waals surface area contributed by atoms with E-state index in [1.54, 1.807) is 38.1 Å². The minimum absolute atomic E-state index is 0.0427. The average Bonchev–Trinajstić information content (AvgIpc) is 3.26. The lowest BCUT2D eigenvalue weighted by atomic mass is 10.1. The number of likely N-dealkylation sites (N-methyl/N-ethyl adjacent to an activating group) is 2. The van der Waals surface area contributed by atoms with Gasteiger partial charge in [0, 0.05) is 32.1 Å². The molecule has 44 heavy (non-hydrogen) atoms. The predicted molar refractivity (Wildman–Crippen MR) is 162 cm³/mol. The number of sulfonamides is 1. The van der Waals surface area contributed by atoms with Crippen molar-refractivity contribution >= 4 is 32.0 Å². The largest absolute Gasteiger partial charge is 0.493 e. The van der Waals surface area contributed by atoms with E-state index >= 15 is 0 Å². The number of carbonyl (C=O) groups is 2. The lowest BCUT2D eigenvalue weighted by molar-refractivity contribution is 0.0878. The van der Waals surface area contributed by atoms with Crippen molar-refractivity contribution in [1.29, 1.82) is 0 Å². The number of ether oxygens (including phenoxy) is 2. The molecule has 3 aromatic rings. The van der Waals surface area contributed by atoms with Crippen molar-refractivity contribution in [3.8, 4) is 17.2 Å². The van der Waals surface area contributed by atoms with Crippen LogP contribution < -0.4 is 19.0 Å². The fraction of sp³-hybridized carbons (Fsp3) is 0.333. The molecule has 1 heterocycles. The first-order valence-corrected chi connectivity index (χ1v) is 16.7. The Kier molecular flexibility index (Phi) is 10.3. The smallest absolute Gasteiger partial charge is 0.340 e. The molecule has 1 aliphatic heterocycles. The fourth-order valence-corrected chi connectivity index (χ4v) is 7.66. The summed E-state index contributed by atoms with van der Waals surface area (Å²) in [6, 6.07) is 14.7. The molecule has 0 fully saturated rings. The van der Waals surface area contributed by atoms with Gasteiger partial charge in [0.25, 0.3) is 11.8 Å². The second-order valence-electron chi connectivity index (χ2n) is 10.3. The van der Waals surface area contributed by atoms with Gasteiger partial charge in [0.1, 0.15) is 27.0 Å². The van der Waals surface area contributed by atoms with E-state index in [4.69, 9.17) is 13.7 Å². The topological polar surface area (TPSA) is 149 Å². The summed E-state index contributed by atoms with van der Waals surface area (Å²) in [5, 5.41) is 2.24. The first-order chi connectivity index (χ1) is 20.8. The molecule has 3 aromatic carbocycles. The number of nitrogens with zero attached hydrogens (tertiary/aromatic N) is 2. The average molecular weight is 646 g/mol. The van der Waals surface area contributed by atoms with Gasteiger partial charge in [-0.25, -0.2) is 8.42 Å². The Bertz CT molecular complexity index is 1760. The maximum atomic E-state index is 13.5. The Balaban J connectivity index is 1.43. The highest BCUT2D eigenvalue weighted by atomic mass is 32.2. The molecule has 0 aromatic heterocycles. The van der Waals surface area contributed by atoms with E-state index in [1.807, 2.05) is 19.0 Å². The molecular weight excluding hydrogens is 610 g/mol. The first-order valence-electron chi connectivity index (χ1n) is 13.9. The van der Waals surface area contributed by atoms with Crippen LogP contribution in [0.5, 0.6) is 17.2 Å². The van der Waals surface area contributed by atoms with Crippen LogP contribution in [0, 0.1) is 6.92 Å². The number of imide groups is 1. The van der Waals surface area contributed by atoms with Crippen molar-refractivity contribution in [3.05, 3.63) is 77.4 Å². The highest BCUT2D eigenvalue weighted by Gasteiger charge is 2.32. The number of benzene rings is 3. The minimum atomic E-state index is -4.56. The zero-order valence-corrected chi connectivity index (χ0v) is 26.5. The van der Waals surface area contributed by atoms with Crippen LogP contribution in [0.25, 0.3) is 0 Å². The zero-order chi connectivity index (χ0) is 32.1. The van der Waals surface area contributed by atoms with Crippen molar-refractivity contribution in [2.75, 3.05) is 46.9 Å². The summed E-state index contributed by atoms with van der Waals surface area (Å²) in [5.74, 6) is -0.386. The molecule has 0 saturated heterocycles. The molecule has 0 radical (unpaired) electrons. The lowest BCUT2D eigenvalue weighted by Crippen LogP contribution is -2.37. The standard InChI is InChI=1S/C30H35N3O9S2/c1-5-33(15-14-32(3)4)43(36,37)26-12-6-7-13-27(26)44(38,39)42-23-19-21(2)18-22(20-23)40-16-9-17-41-25-11-8-10-24-28(25)30(35)31-29(24)34/h6-8,10-13,18-20H,5,9,14-17H2,1-4H3,(H,31,34,35). The number of amides is 2. The molecule has 0 aliphatic carbocycles. The molecule has 1 N–H and O–H groups in total. The highest BCUT2D eigenvalue weighted by Crippen LogP contribution is 2.30. The van der Waals surface area contributed by atoms with Crippen molar-refractivity contribution in [2.24, 2.45) is 0 Å². The lowest BCUT2D eigenvalue weighted by Gasteiger charge is -2.23. The molecule has 4 rings (SSSR count). The second kappa shape index (κ2) is 13.8. The Labute approximate surface area is 257 Å². The van der Waals surface area contributed by atoms with E-state index in [1.165, 1.54) is 40.7 Å².